The Hall–Kier alpha value is -3.59. The molecule has 38 heavy (non-hydrogen) atoms. The molecule has 6 aromatic rings. The Bertz CT molecular complexity index is 1980. The average Bonchev–Trinajstić information content (AvgIpc) is 3.51. The zero-order valence-electron chi connectivity index (χ0n) is 21.4. The van der Waals surface area contributed by atoms with Gasteiger partial charge in [0.2, 0.25) is 0 Å². The molecule has 2 aliphatic rings. The maximum atomic E-state index is 2.51. The monoisotopic (exact) mass is 522 g/mol. The van der Waals surface area contributed by atoms with Crippen molar-refractivity contribution in [3.05, 3.63) is 131 Å². The molecule has 1 aromatic heterocycles. The lowest BCUT2D eigenvalue weighted by Gasteiger charge is -2.20. The summed E-state index contributed by atoms with van der Waals surface area (Å²) in [7, 11) is 0. The molecular weight excluding hydrogens is 497 g/mol. The highest BCUT2D eigenvalue weighted by Crippen LogP contribution is 2.57. The van der Waals surface area contributed by atoms with E-state index >= 15 is 0 Å². The summed E-state index contributed by atoms with van der Waals surface area (Å²) < 4.78 is 2.83. The smallest absolute Gasteiger partial charge is 0.0501 e. The van der Waals surface area contributed by atoms with Crippen LogP contribution in [-0.2, 0) is 0 Å². The van der Waals surface area contributed by atoms with E-state index in [9.17, 15) is 0 Å². The van der Waals surface area contributed by atoms with Crippen molar-refractivity contribution in [3.8, 4) is 11.1 Å². The number of fused-ring (bicyclic) bond motifs is 10. The van der Waals surface area contributed by atoms with Crippen LogP contribution in [0.15, 0.2) is 114 Å². The molecule has 2 heteroatoms. The zero-order valence-corrected chi connectivity index (χ0v) is 23.0. The summed E-state index contributed by atoms with van der Waals surface area (Å²) in [5, 5.41) is 6.02. The van der Waals surface area contributed by atoms with Gasteiger partial charge in [-0.3, -0.25) is 0 Å². The normalized spacial score (nSPS) is 18.2. The van der Waals surface area contributed by atoms with Crippen LogP contribution in [0.4, 0.5) is 0 Å². The molecule has 0 radical (unpaired) electrons. The molecule has 0 saturated heterocycles. The Morgan fingerprint density at radius 3 is 2.21 bits per heavy atom. The zero-order chi connectivity index (χ0) is 25.4. The van der Waals surface area contributed by atoms with Gasteiger partial charge in [-0.1, -0.05) is 114 Å². The van der Waals surface area contributed by atoms with E-state index < -0.39 is 0 Å². The molecule has 1 aliphatic heterocycles. The first-order valence-corrected chi connectivity index (χ1v) is 15.0. The van der Waals surface area contributed by atoms with Gasteiger partial charge in [-0.15, -0.1) is 23.1 Å². The Kier molecular flexibility index (Phi) is 4.99. The summed E-state index contributed by atoms with van der Waals surface area (Å²) in [4.78, 5) is 1.48. The predicted octanol–water partition coefficient (Wildman–Crippen LogP) is 10.7. The second kappa shape index (κ2) is 8.46. The Balaban J connectivity index is 1.33. The van der Waals surface area contributed by atoms with Crippen LogP contribution in [0.2, 0.25) is 0 Å². The largest absolute Gasteiger partial charge is 0.134 e. The molecule has 2 heterocycles. The minimum absolute atomic E-state index is 0.408. The van der Waals surface area contributed by atoms with Crippen LogP contribution in [0.3, 0.4) is 0 Å². The van der Waals surface area contributed by atoms with Crippen molar-refractivity contribution in [3.63, 3.8) is 0 Å². The first kappa shape index (κ1) is 22.4. The standard InChI is InChI=1S/C36H26S2/c1-21-7-5-9-23(17-21)25-13-15-29-31(19-25)37-35-33(29)27-11-3-4-12-28(27)34-30-16-14-26(20-32(30)38-36(34)35)24-10-6-8-22(2)18-24/h3-20,29,31H,1-2H3. The third-order valence-electron chi connectivity index (χ3n) is 8.10. The van der Waals surface area contributed by atoms with Gasteiger partial charge >= 0.3 is 0 Å². The molecule has 5 aromatic carbocycles. The number of thioether (sulfide) groups is 1. The first-order chi connectivity index (χ1) is 18.6. The minimum atomic E-state index is 0.408. The molecule has 8 rings (SSSR count). The minimum Gasteiger partial charge on any atom is -0.134 e. The van der Waals surface area contributed by atoms with Crippen LogP contribution < -0.4 is 0 Å². The Labute approximate surface area is 231 Å². The highest BCUT2D eigenvalue weighted by molar-refractivity contribution is 8.00. The Morgan fingerprint density at radius 2 is 1.39 bits per heavy atom. The number of hydrogen-bond donors (Lipinski definition) is 0. The quantitative estimate of drug-likeness (QED) is 0.218. The summed E-state index contributed by atoms with van der Waals surface area (Å²) in [5.74, 6) is 0.408. The Morgan fingerprint density at radius 1 is 0.658 bits per heavy atom. The first-order valence-electron chi connectivity index (χ1n) is 13.3. The number of aryl methyl sites for hydroxylation is 2. The van der Waals surface area contributed by atoms with Gasteiger partial charge < -0.3 is 0 Å². The fourth-order valence-corrected chi connectivity index (χ4v) is 9.25. The van der Waals surface area contributed by atoms with Crippen LogP contribution in [0.25, 0.3) is 47.6 Å². The number of allylic oxidation sites excluding steroid dienone is 3. The van der Waals surface area contributed by atoms with Crippen molar-refractivity contribution in [2.24, 2.45) is 0 Å². The lowest BCUT2D eigenvalue weighted by molar-refractivity contribution is 0.895. The number of rotatable bonds is 2. The highest BCUT2D eigenvalue weighted by Gasteiger charge is 2.36. The molecule has 0 saturated carbocycles. The van der Waals surface area contributed by atoms with Crippen molar-refractivity contribution in [2.45, 2.75) is 29.9 Å². The fraction of sp³-hybridized carbons (Fsp3) is 0.111. The molecular formula is C36H26S2. The van der Waals surface area contributed by atoms with E-state index in [0.29, 0.717) is 11.2 Å². The van der Waals surface area contributed by atoms with Crippen molar-refractivity contribution < 1.29 is 0 Å². The molecule has 0 spiro atoms. The van der Waals surface area contributed by atoms with Gasteiger partial charge in [0.25, 0.3) is 0 Å². The molecule has 0 amide bonds. The number of hydrogen-bond acceptors (Lipinski definition) is 2. The maximum Gasteiger partial charge on any atom is 0.0501 e. The second-order valence-corrected chi connectivity index (χ2v) is 12.9. The molecule has 0 nitrogen and oxygen atoms in total. The van der Waals surface area contributed by atoms with E-state index in [1.807, 2.05) is 11.3 Å². The van der Waals surface area contributed by atoms with Crippen LogP contribution in [0.5, 0.6) is 0 Å². The van der Waals surface area contributed by atoms with E-state index in [-0.39, 0.29) is 0 Å². The van der Waals surface area contributed by atoms with Crippen LogP contribution in [0.1, 0.15) is 28.2 Å². The van der Waals surface area contributed by atoms with Gasteiger partial charge in [0.05, 0.1) is 4.70 Å². The van der Waals surface area contributed by atoms with Crippen LogP contribution in [-0.4, -0.2) is 5.25 Å². The summed E-state index contributed by atoms with van der Waals surface area (Å²) in [6.07, 6.45) is 7.32. The molecule has 2 atom stereocenters. The van der Waals surface area contributed by atoms with E-state index in [4.69, 9.17) is 0 Å². The van der Waals surface area contributed by atoms with Crippen molar-refractivity contribution >= 4 is 59.6 Å². The number of thiophene rings is 1. The van der Waals surface area contributed by atoms with Gasteiger partial charge in [0.15, 0.2) is 0 Å². The lowest BCUT2D eigenvalue weighted by Crippen LogP contribution is -2.09. The summed E-state index contributed by atoms with van der Waals surface area (Å²) in [6, 6.07) is 33.8. The van der Waals surface area contributed by atoms with E-state index in [0.717, 1.165) is 0 Å². The van der Waals surface area contributed by atoms with Gasteiger partial charge in [-0.05, 0) is 58.5 Å². The molecule has 1 aliphatic carbocycles. The van der Waals surface area contributed by atoms with E-state index in [2.05, 4.69) is 135 Å². The van der Waals surface area contributed by atoms with Crippen molar-refractivity contribution in [1.29, 1.82) is 0 Å². The topological polar surface area (TPSA) is 0 Å². The summed E-state index contributed by atoms with van der Waals surface area (Å²) in [5.41, 5.74) is 9.37. The fourth-order valence-electron chi connectivity index (χ4n) is 6.33. The van der Waals surface area contributed by atoms with Gasteiger partial charge in [0, 0.05) is 31.5 Å². The molecule has 0 fully saturated rings. The SMILES string of the molecule is Cc1cccc(C2=CC3Sc4c(c5ccccc5c5c4sc4cc(-c6cccc(C)c6)ccc45)C3C=C2)c1. The highest BCUT2D eigenvalue weighted by atomic mass is 32.2. The van der Waals surface area contributed by atoms with Gasteiger partial charge in [0.1, 0.15) is 0 Å². The lowest BCUT2D eigenvalue weighted by atomic mass is 9.85. The van der Waals surface area contributed by atoms with E-state index in [1.165, 1.54) is 74.8 Å². The summed E-state index contributed by atoms with van der Waals surface area (Å²) in [6.45, 7) is 4.34. The average molecular weight is 523 g/mol. The molecule has 2 unspecified atom stereocenters. The van der Waals surface area contributed by atoms with Crippen molar-refractivity contribution in [2.75, 3.05) is 0 Å². The van der Waals surface area contributed by atoms with E-state index in [1.54, 1.807) is 0 Å². The molecule has 0 bridgehead atoms. The predicted molar refractivity (Wildman–Crippen MR) is 168 cm³/mol. The molecule has 182 valence electrons. The van der Waals surface area contributed by atoms with Crippen LogP contribution >= 0.6 is 23.1 Å². The summed E-state index contributed by atoms with van der Waals surface area (Å²) >= 11 is 4.04. The maximum absolute atomic E-state index is 2.51. The van der Waals surface area contributed by atoms with Gasteiger partial charge in [-0.2, -0.15) is 0 Å². The van der Waals surface area contributed by atoms with Gasteiger partial charge in [-0.25, -0.2) is 0 Å². The van der Waals surface area contributed by atoms with Crippen LogP contribution in [0, 0.1) is 13.8 Å². The third kappa shape index (κ3) is 3.37. The molecule has 0 N–H and O–H groups in total. The van der Waals surface area contributed by atoms with Crippen molar-refractivity contribution in [1.82, 2.24) is 0 Å². The second-order valence-electron chi connectivity index (χ2n) is 10.6. The number of benzene rings is 5. The third-order valence-corrected chi connectivity index (χ3v) is 10.8.